The molecule has 2 rings (SSSR count). The number of aromatic nitrogens is 2. The Hall–Kier alpha value is -0.540. The van der Waals surface area contributed by atoms with Gasteiger partial charge in [0, 0.05) is 6.54 Å². The van der Waals surface area contributed by atoms with Gasteiger partial charge in [0.05, 0.1) is 23.0 Å². The summed E-state index contributed by atoms with van der Waals surface area (Å²) in [6.45, 7) is 4.84. The zero-order valence-corrected chi connectivity index (χ0v) is 9.91. The van der Waals surface area contributed by atoms with Gasteiger partial charge in [-0.1, -0.05) is 18.5 Å². The molecule has 0 bridgehead atoms. The highest BCUT2D eigenvalue weighted by atomic mass is 35.5. The van der Waals surface area contributed by atoms with E-state index >= 15 is 0 Å². The first-order valence-corrected chi connectivity index (χ1v) is 5.92. The normalized spacial score (nSPS) is 20.3. The Balaban J connectivity index is 2.22. The zero-order valence-electron chi connectivity index (χ0n) is 9.15. The number of hydrogen-bond acceptors (Lipinski definition) is 2. The van der Waals surface area contributed by atoms with Crippen molar-refractivity contribution in [1.29, 1.82) is 0 Å². The summed E-state index contributed by atoms with van der Waals surface area (Å²) in [7, 11) is 0. The maximum absolute atomic E-state index is 10.2. The van der Waals surface area contributed by atoms with Gasteiger partial charge in [0.15, 0.2) is 0 Å². The molecule has 84 valence electrons. The third-order valence-electron chi connectivity index (χ3n) is 3.28. The van der Waals surface area contributed by atoms with Crippen molar-refractivity contribution in [3.8, 4) is 0 Å². The van der Waals surface area contributed by atoms with E-state index in [0.717, 1.165) is 12.2 Å². The molecule has 0 radical (unpaired) electrons. The lowest BCUT2D eigenvalue weighted by atomic mass is 9.97. The largest absolute Gasteiger partial charge is 0.386 e. The Bertz CT molecular complexity index is 346. The van der Waals surface area contributed by atoms with Gasteiger partial charge < -0.3 is 5.11 Å². The molecule has 1 saturated carbocycles. The van der Waals surface area contributed by atoms with Crippen molar-refractivity contribution in [3.05, 3.63) is 16.9 Å². The molecule has 3 nitrogen and oxygen atoms in total. The van der Waals surface area contributed by atoms with Crippen LogP contribution < -0.4 is 0 Å². The molecule has 1 aliphatic rings. The molecule has 4 heteroatoms. The molecule has 1 aromatic heterocycles. The quantitative estimate of drug-likeness (QED) is 0.861. The van der Waals surface area contributed by atoms with E-state index in [0.29, 0.717) is 10.9 Å². The summed E-state index contributed by atoms with van der Waals surface area (Å²) in [6, 6.07) is 0. The van der Waals surface area contributed by atoms with E-state index in [4.69, 9.17) is 11.6 Å². The topological polar surface area (TPSA) is 38.0 Å². The van der Waals surface area contributed by atoms with E-state index in [-0.39, 0.29) is 5.92 Å². The number of aliphatic hydroxyl groups excluding tert-OH is 1. The van der Waals surface area contributed by atoms with Crippen LogP contribution >= 0.6 is 11.6 Å². The van der Waals surface area contributed by atoms with E-state index in [1.54, 1.807) is 10.9 Å². The van der Waals surface area contributed by atoms with Gasteiger partial charge in [0.25, 0.3) is 0 Å². The Kier molecular flexibility index (Phi) is 3.03. The van der Waals surface area contributed by atoms with E-state index in [2.05, 4.69) is 12.0 Å². The van der Waals surface area contributed by atoms with Gasteiger partial charge in [-0.05, 0) is 31.6 Å². The summed E-state index contributed by atoms with van der Waals surface area (Å²) in [4.78, 5) is 0. The van der Waals surface area contributed by atoms with Crippen molar-refractivity contribution in [3.63, 3.8) is 0 Å². The first kappa shape index (κ1) is 11.0. The fourth-order valence-corrected chi connectivity index (χ4v) is 2.30. The Morgan fingerprint density at radius 3 is 2.87 bits per heavy atom. The molecule has 2 unspecified atom stereocenters. The lowest BCUT2D eigenvalue weighted by molar-refractivity contribution is 0.0968. The van der Waals surface area contributed by atoms with Crippen LogP contribution in [0.25, 0.3) is 0 Å². The number of nitrogens with zero attached hydrogens (tertiary/aromatic N) is 2. The van der Waals surface area contributed by atoms with Gasteiger partial charge in [-0.2, -0.15) is 5.10 Å². The molecule has 0 aromatic carbocycles. The van der Waals surface area contributed by atoms with E-state index in [1.165, 1.54) is 12.8 Å². The van der Waals surface area contributed by atoms with Crippen LogP contribution in [0.2, 0.25) is 5.02 Å². The minimum atomic E-state index is -0.479. The average molecular weight is 229 g/mol. The van der Waals surface area contributed by atoms with Crippen molar-refractivity contribution in [2.24, 2.45) is 11.8 Å². The third kappa shape index (κ3) is 2.04. The number of aryl methyl sites for hydroxylation is 1. The maximum atomic E-state index is 10.2. The summed E-state index contributed by atoms with van der Waals surface area (Å²) >= 11 is 6.04. The van der Waals surface area contributed by atoms with Crippen molar-refractivity contribution in [2.45, 2.75) is 39.3 Å². The third-order valence-corrected chi connectivity index (χ3v) is 3.57. The fourth-order valence-electron chi connectivity index (χ4n) is 2.05. The number of hydrogen-bond donors (Lipinski definition) is 1. The van der Waals surface area contributed by atoms with Gasteiger partial charge in [0.2, 0.25) is 0 Å². The Morgan fingerprint density at radius 1 is 1.67 bits per heavy atom. The standard InChI is InChI=1S/C11H17ClN2O/c1-3-14-10(9(12)6-13-14)11(15)7(2)8-4-5-8/h6-8,11,15H,3-5H2,1-2H3. The first-order valence-electron chi connectivity index (χ1n) is 5.54. The Morgan fingerprint density at radius 2 is 2.33 bits per heavy atom. The van der Waals surface area contributed by atoms with Crippen molar-refractivity contribution >= 4 is 11.6 Å². The highest BCUT2D eigenvalue weighted by Gasteiger charge is 2.35. The molecule has 0 saturated heterocycles. The Labute approximate surface area is 95.0 Å². The number of aliphatic hydroxyl groups is 1. The molecule has 0 spiro atoms. The van der Waals surface area contributed by atoms with Crippen LogP contribution in [0.5, 0.6) is 0 Å². The second-order valence-electron chi connectivity index (χ2n) is 4.33. The molecule has 1 N–H and O–H groups in total. The minimum Gasteiger partial charge on any atom is -0.386 e. The average Bonchev–Trinajstić information content (AvgIpc) is 3.00. The SMILES string of the molecule is CCn1ncc(Cl)c1C(O)C(C)C1CC1. The number of rotatable bonds is 4. The van der Waals surface area contributed by atoms with Crippen LogP contribution in [0.3, 0.4) is 0 Å². The fraction of sp³-hybridized carbons (Fsp3) is 0.727. The molecule has 1 heterocycles. The zero-order chi connectivity index (χ0) is 11.0. The summed E-state index contributed by atoms with van der Waals surface area (Å²) in [5.74, 6) is 0.945. The predicted octanol–water partition coefficient (Wildman–Crippen LogP) is 2.64. The molecule has 0 aliphatic heterocycles. The number of halogens is 1. The summed E-state index contributed by atoms with van der Waals surface area (Å²) in [5.41, 5.74) is 0.776. The molecule has 1 aliphatic carbocycles. The monoisotopic (exact) mass is 228 g/mol. The first-order chi connectivity index (χ1) is 7.15. The molecular weight excluding hydrogens is 212 g/mol. The smallest absolute Gasteiger partial charge is 0.0999 e. The van der Waals surface area contributed by atoms with Gasteiger partial charge in [-0.3, -0.25) is 4.68 Å². The minimum absolute atomic E-state index is 0.282. The van der Waals surface area contributed by atoms with E-state index < -0.39 is 6.10 Å². The van der Waals surface area contributed by atoms with Crippen molar-refractivity contribution < 1.29 is 5.11 Å². The van der Waals surface area contributed by atoms with Crippen molar-refractivity contribution in [1.82, 2.24) is 9.78 Å². The van der Waals surface area contributed by atoms with Crippen LogP contribution in [0.15, 0.2) is 6.20 Å². The second kappa shape index (κ2) is 4.14. The molecule has 15 heavy (non-hydrogen) atoms. The molecule has 0 amide bonds. The van der Waals surface area contributed by atoms with Gasteiger partial charge in [-0.25, -0.2) is 0 Å². The lowest BCUT2D eigenvalue weighted by Crippen LogP contribution is -2.16. The summed E-state index contributed by atoms with van der Waals surface area (Å²) in [6.07, 6.45) is 3.60. The van der Waals surface area contributed by atoms with Gasteiger partial charge in [-0.15, -0.1) is 0 Å². The summed E-state index contributed by atoms with van der Waals surface area (Å²) < 4.78 is 1.78. The predicted molar refractivity (Wildman–Crippen MR) is 59.8 cm³/mol. The van der Waals surface area contributed by atoms with Gasteiger partial charge in [0.1, 0.15) is 0 Å². The highest BCUT2D eigenvalue weighted by molar-refractivity contribution is 6.31. The van der Waals surface area contributed by atoms with Crippen molar-refractivity contribution in [2.75, 3.05) is 0 Å². The second-order valence-corrected chi connectivity index (χ2v) is 4.74. The molecule has 2 atom stereocenters. The molecule has 1 aromatic rings. The van der Waals surface area contributed by atoms with E-state index in [1.807, 2.05) is 6.92 Å². The van der Waals surface area contributed by atoms with Crippen LogP contribution in [0.1, 0.15) is 38.5 Å². The van der Waals surface area contributed by atoms with E-state index in [9.17, 15) is 5.11 Å². The molecule has 1 fully saturated rings. The van der Waals surface area contributed by atoms with Gasteiger partial charge >= 0.3 is 0 Å². The highest BCUT2D eigenvalue weighted by Crippen LogP contribution is 2.43. The summed E-state index contributed by atoms with van der Waals surface area (Å²) in [5, 5.41) is 15.0. The van der Waals surface area contributed by atoms with Crippen LogP contribution in [0, 0.1) is 11.8 Å². The maximum Gasteiger partial charge on any atom is 0.0999 e. The lowest BCUT2D eigenvalue weighted by Gasteiger charge is -2.19. The van der Waals surface area contributed by atoms with Crippen LogP contribution in [-0.4, -0.2) is 14.9 Å². The van der Waals surface area contributed by atoms with Crippen LogP contribution in [-0.2, 0) is 6.54 Å². The molecular formula is C11H17ClN2O. The van der Waals surface area contributed by atoms with Crippen LogP contribution in [0.4, 0.5) is 0 Å².